The Hall–Kier alpha value is -2.55. The first-order chi connectivity index (χ1) is 7.49. The average molecular weight is 228 g/mol. The molecule has 0 aliphatic rings. The van der Waals surface area contributed by atoms with Gasteiger partial charge in [0.25, 0.3) is 0 Å². The van der Waals surface area contributed by atoms with E-state index in [0.29, 0.717) is 0 Å². The van der Waals surface area contributed by atoms with Crippen molar-refractivity contribution in [1.82, 2.24) is 0 Å². The number of para-hydroxylation sites is 1. The van der Waals surface area contributed by atoms with E-state index in [1.54, 1.807) is 0 Å². The number of hydrogen-bond acceptors (Lipinski definition) is 7. The van der Waals surface area contributed by atoms with Crippen molar-refractivity contribution in [2.24, 2.45) is 0 Å². The highest BCUT2D eigenvalue weighted by molar-refractivity contribution is 5.95. The molecule has 0 bridgehead atoms. The summed E-state index contributed by atoms with van der Waals surface area (Å²) in [7, 11) is 0. The van der Waals surface area contributed by atoms with Crippen LogP contribution in [0.25, 0.3) is 0 Å². The monoisotopic (exact) mass is 228 g/mol. The maximum atomic E-state index is 10.9. The van der Waals surface area contributed by atoms with Gasteiger partial charge < -0.3 is 0 Å². The highest BCUT2D eigenvalue weighted by Crippen LogP contribution is 2.30. The lowest BCUT2D eigenvalue weighted by molar-refractivity contribution is -0.422. The number of nitro groups is 2. The summed E-state index contributed by atoms with van der Waals surface area (Å²) in [6, 6.07) is 2.87. The Morgan fingerprint density at radius 2 is 1.88 bits per heavy atom. The van der Waals surface area contributed by atoms with E-state index in [1.807, 2.05) is 0 Å². The van der Waals surface area contributed by atoms with Gasteiger partial charge in [0.1, 0.15) is 5.56 Å². The zero-order valence-corrected chi connectivity index (χ0v) is 7.52. The van der Waals surface area contributed by atoms with Crippen LogP contribution < -0.4 is 0 Å². The Balaban J connectivity index is 3.51. The van der Waals surface area contributed by atoms with Gasteiger partial charge in [0.2, 0.25) is 0 Å². The van der Waals surface area contributed by atoms with Crippen LogP contribution in [-0.2, 0) is 4.89 Å². The molecule has 0 heterocycles. The molecule has 1 aromatic rings. The molecule has 16 heavy (non-hydrogen) atoms. The van der Waals surface area contributed by atoms with E-state index in [9.17, 15) is 25.0 Å². The Morgan fingerprint density at radius 1 is 1.25 bits per heavy atom. The molecule has 0 atom stereocenters. The number of benzene rings is 1. The molecule has 0 unspecified atom stereocenters. The standard InChI is InChI=1S/C7H4N2O7/c10-7(16-15)4-2-1-3-5(8(11)12)6(4)9(13)14/h1-3,15H. The first kappa shape index (κ1) is 11.5. The van der Waals surface area contributed by atoms with Crippen LogP contribution in [0.15, 0.2) is 18.2 Å². The van der Waals surface area contributed by atoms with E-state index in [2.05, 4.69) is 4.89 Å². The van der Waals surface area contributed by atoms with Crippen molar-refractivity contribution in [2.75, 3.05) is 0 Å². The summed E-state index contributed by atoms with van der Waals surface area (Å²) >= 11 is 0. The van der Waals surface area contributed by atoms with Gasteiger partial charge in [-0.1, -0.05) is 6.07 Å². The maximum Gasteiger partial charge on any atom is 0.380 e. The van der Waals surface area contributed by atoms with Crippen molar-refractivity contribution in [2.45, 2.75) is 0 Å². The van der Waals surface area contributed by atoms with E-state index in [-0.39, 0.29) is 0 Å². The molecule has 0 aliphatic carbocycles. The first-order valence-corrected chi connectivity index (χ1v) is 3.76. The average Bonchev–Trinajstić information content (AvgIpc) is 2.26. The second kappa shape index (κ2) is 4.31. The lowest BCUT2D eigenvalue weighted by Gasteiger charge is -1.99. The van der Waals surface area contributed by atoms with Gasteiger partial charge in [-0.3, -0.25) is 25.1 Å². The molecule has 0 saturated carbocycles. The van der Waals surface area contributed by atoms with E-state index in [1.165, 1.54) is 0 Å². The molecule has 0 amide bonds. The number of rotatable bonds is 3. The summed E-state index contributed by atoms with van der Waals surface area (Å²) in [5.41, 5.74) is -2.57. The Labute approximate surface area is 87.1 Å². The molecule has 1 aromatic carbocycles. The maximum absolute atomic E-state index is 10.9. The van der Waals surface area contributed by atoms with Gasteiger partial charge in [0, 0.05) is 6.07 Å². The minimum absolute atomic E-state index is 0.693. The van der Waals surface area contributed by atoms with Gasteiger partial charge in [0.05, 0.1) is 9.85 Å². The van der Waals surface area contributed by atoms with Crippen molar-refractivity contribution in [3.63, 3.8) is 0 Å². The largest absolute Gasteiger partial charge is 0.380 e. The summed E-state index contributed by atoms with van der Waals surface area (Å²) in [6.07, 6.45) is 0. The zero-order chi connectivity index (χ0) is 12.3. The second-order valence-corrected chi connectivity index (χ2v) is 2.57. The van der Waals surface area contributed by atoms with Crippen LogP contribution in [0.5, 0.6) is 0 Å². The van der Waals surface area contributed by atoms with E-state index < -0.39 is 32.8 Å². The smallest absolute Gasteiger partial charge is 0.295 e. The normalized spacial score (nSPS) is 9.56. The predicted octanol–water partition coefficient (Wildman–Crippen LogP) is 1.13. The molecular formula is C7H4N2O7. The van der Waals surface area contributed by atoms with E-state index in [4.69, 9.17) is 5.26 Å². The topological polar surface area (TPSA) is 133 Å². The number of nitrogens with zero attached hydrogens (tertiary/aromatic N) is 2. The van der Waals surface area contributed by atoms with Crippen molar-refractivity contribution < 1.29 is 24.8 Å². The molecule has 0 aliphatic heterocycles. The highest BCUT2D eigenvalue weighted by Gasteiger charge is 2.32. The zero-order valence-electron chi connectivity index (χ0n) is 7.52. The number of carbonyl (C=O) groups is 1. The van der Waals surface area contributed by atoms with Gasteiger partial charge in [-0.2, -0.15) is 5.26 Å². The van der Waals surface area contributed by atoms with Crippen molar-refractivity contribution in [3.05, 3.63) is 44.0 Å². The molecule has 84 valence electrons. The summed E-state index contributed by atoms with van der Waals surface area (Å²) < 4.78 is 0. The number of carbonyl (C=O) groups excluding carboxylic acids is 1. The third-order valence-corrected chi connectivity index (χ3v) is 1.70. The lowest BCUT2D eigenvalue weighted by atomic mass is 10.1. The fraction of sp³-hybridized carbons (Fsp3) is 0. The molecule has 0 fully saturated rings. The SMILES string of the molecule is O=C(OO)c1cccc([N+](=O)[O-])c1[N+](=O)[O-]. The summed E-state index contributed by atoms with van der Waals surface area (Å²) in [6.45, 7) is 0. The molecule has 0 aromatic heterocycles. The van der Waals surface area contributed by atoms with Gasteiger partial charge in [0.15, 0.2) is 0 Å². The minimum Gasteiger partial charge on any atom is -0.295 e. The first-order valence-electron chi connectivity index (χ1n) is 3.76. The molecule has 0 saturated heterocycles. The van der Waals surface area contributed by atoms with Crippen LogP contribution >= 0.6 is 0 Å². The Morgan fingerprint density at radius 3 is 2.31 bits per heavy atom. The highest BCUT2D eigenvalue weighted by atomic mass is 17.1. The minimum atomic E-state index is -1.43. The van der Waals surface area contributed by atoms with Crippen molar-refractivity contribution in [1.29, 1.82) is 0 Å². The molecule has 0 spiro atoms. The fourth-order valence-corrected chi connectivity index (χ4v) is 1.08. The van der Waals surface area contributed by atoms with Crippen LogP contribution in [-0.4, -0.2) is 21.1 Å². The molecule has 0 radical (unpaired) electrons. The van der Waals surface area contributed by atoms with Crippen molar-refractivity contribution in [3.8, 4) is 0 Å². The third kappa shape index (κ3) is 1.93. The third-order valence-electron chi connectivity index (χ3n) is 1.70. The Kier molecular flexibility index (Phi) is 3.11. The van der Waals surface area contributed by atoms with E-state index >= 15 is 0 Å². The Bertz CT molecular complexity index is 470. The lowest BCUT2D eigenvalue weighted by Crippen LogP contribution is -2.07. The molecule has 9 nitrogen and oxygen atoms in total. The molecule has 9 heteroatoms. The molecular weight excluding hydrogens is 224 g/mol. The molecule has 1 rings (SSSR count). The summed E-state index contributed by atoms with van der Waals surface area (Å²) in [4.78, 5) is 33.2. The van der Waals surface area contributed by atoms with Gasteiger partial charge in [-0.05, 0) is 6.07 Å². The van der Waals surface area contributed by atoms with Gasteiger partial charge in [-0.25, -0.2) is 4.79 Å². The van der Waals surface area contributed by atoms with Crippen LogP contribution in [0.1, 0.15) is 10.4 Å². The van der Waals surface area contributed by atoms with Gasteiger partial charge in [-0.15, -0.1) is 0 Å². The summed E-state index contributed by atoms with van der Waals surface area (Å²) in [5, 5.41) is 29.1. The quantitative estimate of drug-likeness (QED) is 0.465. The van der Waals surface area contributed by atoms with Crippen LogP contribution in [0.2, 0.25) is 0 Å². The van der Waals surface area contributed by atoms with E-state index in [0.717, 1.165) is 18.2 Å². The second-order valence-electron chi connectivity index (χ2n) is 2.57. The number of hydrogen-bond donors (Lipinski definition) is 1. The van der Waals surface area contributed by atoms with Crippen LogP contribution in [0.3, 0.4) is 0 Å². The summed E-state index contributed by atoms with van der Waals surface area (Å²) in [5.74, 6) is -1.43. The number of nitro benzene ring substituents is 2. The van der Waals surface area contributed by atoms with Crippen LogP contribution in [0, 0.1) is 20.2 Å². The fourth-order valence-electron chi connectivity index (χ4n) is 1.08. The molecule has 1 N–H and O–H groups in total. The van der Waals surface area contributed by atoms with Gasteiger partial charge >= 0.3 is 17.3 Å². The van der Waals surface area contributed by atoms with Crippen molar-refractivity contribution >= 4 is 17.3 Å². The predicted molar refractivity (Wildman–Crippen MR) is 47.8 cm³/mol. The van der Waals surface area contributed by atoms with Crippen LogP contribution in [0.4, 0.5) is 11.4 Å².